The predicted molar refractivity (Wildman–Crippen MR) is 82.1 cm³/mol. The largest absolute Gasteiger partial charge is 0.480 e. The average Bonchev–Trinajstić information content (AvgIpc) is 2.98. The molecule has 0 aliphatic carbocycles. The number of benzene rings is 1. The third-order valence-corrected chi connectivity index (χ3v) is 5.83. The Morgan fingerprint density at radius 1 is 1.41 bits per heavy atom. The zero-order valence-corrected chi connectivity index (χ0v) is 13.3. The Labute approximate surface area is 130 Å². The molecule has 122 valence electrons. The van der Waals surface area contributed by atoms with Gasteiger partial charge in [-0.05, 0) is 24.8 Å². The second-order valence-electron chi connectivity index (χ2n) is 5.43. The lowest BCUT2D eigenvalue weighted by Crippen LogP contribution is -2.44. The second-order valence-corrected chi connectivity index (χ2v) is 7.40. The van der Waals surface area contributed by atoms with Gasteiger partial charge in [-0.25, -0.2) is 8.42 Å². The van der Waals surface area contributed by atoms with Crippen LogP contribution in [0.1, 0.15) is 18.4 Å². The molecule has 2 unspecified atom stereocenters. The van der Waals surface area contributed by atoms with Crippen molar-refractivity contribution in [2.45, 2.75) is 31.4 Å². The monoisotopic (exact) mass is 327 g/mol. The van der Waals surface area contributed by atoms with Gasteiger partial charge in [0.2, 0.25) is 10.0 Å². The third-order valence-electron chi connectivity index (χ3n) is 3.88. The lowest BCUT2D eigenvalue weighted by Gasteiger charge is -2.24. The lowest BCUT2D eigenvalue weighted by molar-refractivity contribution is -0.140. The van der Waals surface area contributed by atoms with Crippen LogP contribution >= 0.6 is 0 Å². The molecule has 0 bridgehead atoms. The highest BCUT2D eigenvalue weighted by Gasteiger charge is 2.39. The molecule has 1 aromatic carbocycles. The van der Waals surface area contributed by atoms with Crippen molar-refractivity contribution in [3.8, 4) is 0 Å². The molecule has 1 heterocycles. The minimum atomic E-state index is -3.66. The minimum absolute atomic E-state index is 0.206. The van der Waals surface area contributed by atoms with E-state index in [0.29, 0.717) is 19.3 Å². The summed E-state index contributed by atoms with van der Waals surface area (Å²) in [6.07, 6.45) is 0.919. The van der Waals surface area contributed by atoms with Crippen LogP contribution in [0.15, 0.2) is 30.3 Å². The summed E-state index contributed by atoms with van der Waals surface area (Å²) in [5.41, 5.74) is 0.987. The fraction of sp³-hybridized carbons (Fsp3) is 0.533. The molecule has 1 N–H and O–H groups in total. The number of nitrogens with zero attached hydrogens (tertiary/aromatic N) is 1. The van der Waals surface area contributed by atoms with Gasteiger partial charge in [0.1, 0.15) is 6.04 Å². The number of rotatable bonds is 7. The van der Waals surface area contributed by atoms with Gasteiger partial charge in [-0.2, -0.15) is 4.31 Å². The van der Waals surface area contributed by atoms with Crippen molar-refractivity contribution < 1.29 is 23.1 Å². The number of hydrogen-bond acceptors (Lipinski definition) is 4. The van der Waals surface area contributed by atoms with E-state index in [9.17, 15) is 13.2 Å². The second kappa shape index (κ2) is 7.21. The fourth-order valence-corrected chi connectivity index (χ4v) is 4.64. The van der Waals surface area contributed by atoms with E-state index in [0.717, 1.165) is 9.87 Å². The normalized spacial score (nSPS) is 20.9. The van der Waals surface area contributed by atoms with E-state index in [2.05, 4.69) is 0 Å². The van der Waals surface area contributed by atoms with Crippen LogP contribution < -0.4 is 0 Å². The van der Waals surface area contributed by atoms with Crippen LogP contribution in [0.25, 0.3) is 0 Å². The van der Waals surface area contributed by atoms with Crippen molar-refractivity contribution in [3.63, 3.8) is 0 Å². The predicted octanol–water partition coefficient (Wildman–Crippen LogP) is 1.12. The van der Waals surface area contributed by atoms with E-state index in [1.54, 1.807) is 0 Å². The Hall–Kier alpha value is -1.44. The number of carbonyl (C=O) groups is 1. The molecule has 0 saturated carbocycles. The number of aliphatic carboxylic acids is 1. The Bertz CT molecular complexity index is 602. The summed E-state index contributed by atoms with van der Waals surface area (Å²) < 4.78 is 31.4. The van der Waals surface area contributed by atoms with Gasteiger partial charge in [-0.1, -0.05) is 30.3 Å². The van der Waals surface area contributed by atoms with Crippen molar-refractivity contribution in [1.29, 1.82) is 0 Å². The maximum atomic E-state index is 12.5. The molecule has 7 heteroatoms. The molecular formula is C15H21NO5S. The molecule has 0 spiro atoms. The number of methoxy groups -OCH3 is 1. The highest BCUT2D eigenvalue weighted by Crippen LogP contribution is 2.23. The molecule has 1 aliphatic rings. The number of carboxylic acid groups (broad SMARTS) is 1. The summed E-state index contributed by atoms with van der Waals surface area (Å²) in [4.78, 5) is 11.2. The quantitative estimate of drug-likeness (QED) is 0.811. The van der Waals surface area contributed by atoms with Crippen molar-refractivity contribution in [2.24, 2.45) is 0 Å². The fourth-order valence-electron chi connectivity index (χ4n) is 2.74. The Balaban J connectivity index is 2.07. The highest BCUT2D eigenvalue weighted by molar-refractivity contribution is 7.89. The molecule has 1 aromatic rings. The zero-order chi connectivity index (χ0) is 16.2. The van der Waals surface area contributed by atoms with Gasteiger partial charge < -0.3 is 9.84 Å². The molecule has 0 aromatic heterocycles. The molecule has 1 aliphatic heterocycles. The lowest BCUT2D eigenvalue weighted by atomic mass is 10.1. The highest BCUT2D eigenvalue weighted by atomic mass is 32.2. The van der Waals surface area contributed by atoms with Crippen molar-refractivity contribution in [1.82, 2.24) is 4.31 Å². The van der Waals surface area contributed by atoms with Gasteiger partial charge >= 0.3 is 5.97 Å². The Morgan fingerprint density at radius 3 is 2.68 bits per heavy atom. The van der Waals surface area contributed by atoms with Gasteiger partial charge in [-0.3, -0.25) is 4.79 Å². The smallest absolute Gasteiger partial charge is 0.322 e. The minimum Gasteiger partial charge on any atom is -0.480 e. The number of hydrogen-bond donors (Lipinski definition) is 1. The number of ether oxygens (including phenoxy) is 1. The van der Waals surface area contributed by atoms with Gasteiger partial charge in [0.15, 0.2) is 0 Å². The summed E-state index contributed by atoms with van der Waals surface area (Å²) in [6.45, 7) is 0.265. The van der Waals surface area contributed by atoms with Crippen LogP contribution in [0.2, 0.25) is 0 Å². The Kier molecular flexibility index (Phi) is 5.55. The first-order valence-electron chi connectivity index (χ1n) is 7.23. The van der Waals surface area contributed by atoms with E-state index < -0.39 is 28.1 Å². The number of carboxylic acids is 1. The number of sulfonamides is 1. The molecule has 0 radical (unpaired) electrons. The van der Waals surface area contributed by atoms with Gasteiger partial charge in [0.25, 0.3) is 0 Å². The van der Waals surface area contributed by atoms with Gasteiger partial charge in [0, 0.05) is 13.7 Å². The molecule has 1 saturated heterocycles. The molecule has 2 rings (SSSR count). The third kappa shape index (κ3) is 4.06. The van der Waals surface area contributed by atoms with Gasteiger partial charge in [0.05, 0.1) is 11.9 Å². The molecule has 0 amide bonds. The first-order valence-corrected chi connectivity index (χ1v) is 8.84. The molecule has 2 atom stereocenters. The van der Waals surface area contributed by atoms with Gasteiger partial charge in [-0.15, -0.1) is 0 Å². The summed E-state index contributed by atoms with van der Waals surface area (Å²) in [5.74, 6) is -1.29. The Morgan fingerprint density at radius 2 is 2.09 bits per heavy atom. The maximum Gasteiger partial charge on any atom is 0.322 e. The van der Waals surface area contributed by atoms with Crippen LogP contribution in [-0.2, 0) is 26.0 Å². The summed E-state index contributed by atoms with van der Waals surface area (Å²) in [6, 6.07) is 8.54. The molecule has 1 fully saturated rings. The van der Waals surface area contributed by atoms with Crippen LogP contribution in [0, 0.1) is 0 Å². The molecule has 22 heavy (non-hydrogen) atoms. The van der Waals surface area contributed by atoms with E-state index in [-0.39, 0.29) is 12.3 Å². The summed E-state index contributed by atoms with van der Waals surface area (Å²) in [5, 5.41) is 9.14. The summed E-state index contributed by atoms with van der Waals surface area (Å²) in [7, 11) is -2.18. The van der Waals surface area contributed by atoms with E-state index in [1.165, 1.54) is 7.11 Å². The van der Waals surface area contributed by atoms with Crippen LogP contribution in [0.3, 0.4) is 0 Å². The van der Waals surface area contributed by atoms with Crippen LogP contribution in [-0.4, -0.2) is 55.4 Å². The van der Waals surface area contributed by atoms with Crippen LogP contribution in [0.5, 0.6) is 0 Å². The van der Waals surface area contributed by atoms with Crippen molar-refractivity contribution in [3.05, 3.63) is 35.9 Å². The average molecular weight is 327 g/mol. The summed E-state index contributed by atoms with van der Waals surface area (Å²) >= 11 is 0. The topological polar surface area (TPSA) is 83.9 Å². The van der Waals surface area contributed by atoms with E-state index in [4.69, 9.17) is 9.84 Å². The zero-order valence-electron chi connectivity index (χ0n) is 12.5. The first-order chi connectivity index (χ1) is 10.4. The molecule has 6 nitrogen and oxygen atoms in total. The van der Waals surface area contributed by atoms with E-state index in [1.807, 2.05) is 30.3 Å². The van der Waals surface area contributed by atoms with E-state index >= 15 is 0 Å². The van der Waals surface area contributed by atoms with Crippen molar-refractivity contribution >= 4 is 16.0 Å². The standard InChI is InChI=1S/C15H21NO5S/c1-21-13(10-12-6-3-2-4-7-12)11-22(19,20)16-9-5-8-14(16)15(17)18/h2-4,6-7,13-14H,5,8-11H2,1H3,(H,17,18). The van der Waals surface area contributed by atoms with Crippen LogP contribution in [0.4, 0.5) is 0 Å². The molecular weight excluding hydrogens is 306 g/mol. The van der Waals surface area contributed by atoms with Crippen molar-refractivity contribution in [2.75, 3.05) is 19.4 Å². The maximum absolute atomic E-state index is 12.5. The first kappa shape index (κ1) is 16.9. The SMILES string of the molecule is COC(Cc1ccccc1)CS(=O)(=O)N1CCCC1C(=O)O.